The van der Waals surface area contributed by atoms with Gasteiger partial charge in [-0.05, 0) is 12.5 Å². The predicted molar refractivity (Wildman–Crippen MR) is 35.9 cm³/mol. The molecular weight excluding hydrogens is 134 g/mol. The lowest BCUT2D eigenvalue weighted by Gasteiger charge is -1.98. The van der Waals surface area contributed by atoms with Crippen LogP contribution in [0.3, 0.4) is 0 Å². The molecule has 0 aromatic heterocycles. The van der Waals surface area contributed by atoms with E-state index in [0.29, 0.717) is 5.56 Å². The Kier molecular flexibility index (Phi) is 2.00. The van der Waals surface area contributed by atoms with E-state index in [9.17, 15) is 8.78 Å². The molecule has 0 saturated heterocycles. The number of halogens is 2. The smallest absolute Gasteiger partial charge is 0.205 e. The largest absolute Gasteiger partial charge is 0.263 e. The molecule has 0 bridgehead atoms. The van der Waals surface area contributed by atoms with Crippen LogP contribution in [0.5, 0.6) is 0 Å². The molecule has 10 heavy (non-hydrogen) atoms. The fraction of sp³-hybridized carbons (Fsp3) is 0.125. The number of hydrogen-bond acceptors (Lipinski definition) is 0. The molecule has 0 aliphatic heterocycles. The van der Waals surface area contributed by atoms with Gasteiger partial charge in [0.25, 0.3) is 6.43 Å². The minimum atomic E-state index is -2.39. The van der Waals surface area contributed by atoms with Gasteiger partial charge in [-0.15, -0.1) is 0 Å². The molecule has 53 valence electrons. The summed E-state index contributed by atoms with van der Waals surface area (Å²) in [4.78, 5) is 0. The Morgan fingerprint density at radius 3 is 2.40 bits per heavy atom. The van der Waals surface area contributed by atoms with Crippen LogP contribution in [0.2, 0.25) is 0 Å². The Balaban J connectivity index is 2.96. The molecular formula is C8H7F2. The van der Waals surface area contributed by atoms with Crippen molar-refractivity contribution in [3.8, 4) is 0 Å². The molecule has 0 saturated carbocycles. The topological polar surface area (TPSA) is 0 Å². The number of hydrogen-bond donors (Lipinski definition) is 0. The zero-order valence-electron chi connectivity index (χ0n) is 5.35. The second kappa shape index (κ2) is 2.78. The zero-order chi connectivity index (χ0) is 7.56. The van der Waals surface area contributed by atoms with E-state index >= 15 is 0 Å². The van der Waals surface area contributed by atoms with E-state index in [-0.39, 0.29) is 5.56 Å². The molecule has 0 fully saturated rings. The normalized spacial score (nSPS) is 10.4. The molecule has 1 rings (SSSR count). The molecule has 0 atom stereocenters. The highest BCUT2D eigenvalue weighted by atomic mass is 19.3. The summed E-state index contributed by atoms with van der Waals surface area (Å²) in [6.45, 7) is 3.53. The Morgan fingerprint density at radius 2 is 2.00 bits per heavy atom. The monoisotopic (exact) mass is 141 g/mol. The van der Waals surface area contributed by atoms with Crippen molar-refractivity contribution in [2.45, 2.75) is 6.43 Å². The van der Waals surface area contributed by atoms with Crippen LogP contribution in [0.1, 0.15) is 17.6 Å². The highest BCUT2D eigenvalue weighted by Crippen LogP contribution is 2.18. The van der Waals surface area contributed by atoms with Crippen molar-refractivity contribution in [1.29, 1.82) is 0 Å². The lowest BCUT2D eigenvalue weighted by molar-refractivity contribution is 0.151. The van der Waals surface area contributed by atoms with Crippen LogP contribution < -0.4 is 0 Å². The van der Waals surface area contributed by atoms with Gasteiger partial charge in [0.2, 0.25) is 0 Å². The number of benzene rings is 1. The first-order valence-corrected chi connectivity index (χ1v) is 2.90. The fourth-order valence-electron chi connectivity index (χ4n) is 0.729. The highest BCUT2D eigenvalue weighted by Gasteiger charge is 2.04. The van der Waals surface area contributed by atoms with Crippen molar-refractivity contribution in [2.75, 3.05) is 0 Å². The van der Waals surface area contributed by atoms with Crippen molar-refractivity contribution < 1.29 is 8.78 Å². The summed E-state index contributed by atoms with van der Waals surface area (Å²) in [5.74, 6) is 0. The van der Waals surface area contributed by atoms with E-state index in [2.05, 4.69) is 6.92 Å². The average molecular weight is 141 g/mol. The van der Waals surface area contributed by atoms with Crippen molar-refractivity contribution in [2.24, 2.45) is 0 Å². The maximum Gasteiger partial charge on any atom is 0.263 e. The number of rotatable bonds is 1. The van der Waals surface area contributed by atoms with E-state index < -0.39 is 6.43 Å². The van der Waals surface area contributed by atoms with Crippen LogP contribution in [0.25, 0.3) is 0 Å². The zero-order valence-corrected chi connectivity index (χ0v) is 5.35. The maximum atomic E-state index is 11.9. The minimum Gasteiger partial charge on any atom is -0.205 e. The van der Waals surface area contributed by atoms with Gasteiger partial charge in [-0.1, -0.05) is 24.3 Å². The first kappa shape index (κ1) is 7.19. The van der Waals surface area contributed by atoms with Crippen LogP contribution >= 0.6 is 0 Å². The van der Waals surface area contributed by atoms with E-state index in [1.165, 1.54) is 12.1 Å². The molecule has 0 N–H and O–H groups in total. The molecule has 1 aromatic carbocycles. The molecule has 0 heterocycles. The molecule has 0 aliphatic rings. The van der Waals surface area contributed by atoms with Gasteiger partial charge in [0, 0.05) is 5.56 Å². The van der Waals surface area contributed by atoms with E-state index in [0.717, 1.165) is 0 Å². The van der Waals surface area contributed by atoms with Crippen LogP contribution in [-0.2, 0) is 0 Å². The fourth-order valence-corrected chi connectivity index (χ4v) is 0.729. The van der Waals surface area contributed by atoms with Gasteiger partial charge < -0.3 is 0 Å². The van der Waals surface area contributed by atoms with Crippen molar-refractivity contribution in [3.63, 3.8) is 0 Å². The minimum absolute atomic E-state index is 0.0347. The van der Waals surface area contributed by atoms with Gasteiger partial charge in [-0.2, -0.15) is 0 Å². The van der Waals surface area contributed by atoms with Gasteiger partial charge in [0.1, 0.15) is 0 Å². The Hall–Kier alpha value is -0.920. The third kappa shape index (κ3) is 1.53. The molecule has 1 aromatic rings. The molecule has 0 nitrogen and oxygen atoms in total. The second-order valence-electron chi connectivity index (χ2n) is 2.05. The quantitative estimate of drug-likeness (QED) is 0.564. The van der Waals surface area contributed by atoms with Crippen molar-refractivity contribution >= 4 is 0 Å². The van der Waals surface area contributed by atoms with Gasteiger partial charge in [0.15, 0.2) is 0 Å². The first-order chi connectivity index (χ1) is 4.70. The Morgan fingerprint density at radius 1 is 1.30 bits per heavy atom. The molecule has 0 spiro atoms. The third-order valence-electron chi connectivity index (χ3n) is 1.20. The first-order valence-electron chi connectivity index (χ1n) is 2.90. The van der Waals surface area contributed by atoms with Crippen molar-refractivity contribution in [1.82, 2.24) is 0 Å². The van der Waals surface area contributed by atoms with Crippen LogP contribution in [0.15, 0.2) is 24.3 Å². The van der Waals surface area contributed by atoms with Gasteiger partial charge in [-0.25, -0.2) is 8.78 Å². The van der Waals surface area contributed by atoms with Gasteiger partial charge in [-0.3, -0.25) is 0 Å². The summed E-state index contributed by atoms with van der Waals surface area (Å²) in [5.41, 5.74) is 0.658. The second-order valence-corrected chi connectivity index (χ2v) is 2.05. The molecule has 0 unspecified atom stereocenters. The molecule has 0 amide bonds. The Labute approximate surface area is 58.5 Å². The maximum absolute atomic E-state index is 11.9. The molecule has 0 aliphatic carbocycles. The SMILES string of the molecule is [CH2]c1cccc(C(F)F)c1. The van der Waals surface area contributed by atoms with E-state index in [4.69, 9.17) is 0 Å². The summed E-state index contributed by atoms with van der Waals surface area (Å²) < 4.78 is 23.8. The third-order valence-corrected chi connectivity index (χ3v) is 1.20. The summed E-state index contributed by atoms with van der Waals surface area (Å²) in [5, 5.41) is 0. The van der Waals surface area contributed by atoms with Crippen LogP contribution in [-0.4, -0.2) is 0 Å². The van der Waals surface area contributed by atoms with E-state index in [1.54, 1.807) is 12.1 Å². The number of alkyl halides is 2. The lowest BCUT2D eigenvalue weighted by atomic mass is 10.1. The van der Waals surface area contributed by atoms with Gasteiger partial charge >= 0.3 is 0 Å². The van der Waals surface area contributed by atoms with E-state index in [1.807, 2.05) is 0 Å². The van der Waals surface area contributed by atoms with Crippen LogP contribution in [0, 0.1) is 6.92 Å². The van der Waals surface area contributed by atoms with Crippen molar-refractivity contribution in [3.05, 3.63) is 42.3 Å². The lowest BCUT2D eigenvalue weighted by Crippen LogP contribution is -1.83. The van der Waals surface area contributed by atoms with Crippen LogP contribution in [0.4, 0.5) is 8.78 Å². The predicted octanol–water partition coefficient (Wildman–Crippen LogP) is 2.81. The Bertz CT molecular complexity index is 218. The van der Waals surface area contributed by atoms with Gasteiger partial charge in [0.05, 0.1) is 0 Å². The average Bonchev–Trinajstić information content (AvgIpc) is 1.88. The highest BCUT2D eigenvalue weighted by molar-refractivity contribution is 5.25. The summed E-state index contributed by atoms with van der Waals surface area (Å²) >= 11 is 0. The summed E-state index contributed by atoms with van der Waals surface area (Å²) in [6, 6.07) is 6.03. The molecule has 1 radical (unpaired) electrons. The molecule has 2 heteroatoms. The summed E-state index contributed by atoms with van der Waals surface area (Å²) in [7, 11) is 0. The standard InChI is InChI=1S/C8H7F2/c1-6-3-2-4-7(5-6)8(9)10/h2-5,8H,1H2. The summed E-state index contributed by atoms with van der Waals surface area (Å²) in [6.07, 6.45) is -2.39.